The van der Waals surface area contributed by atoms with Gasteiger partial charge in [0.1, 0.15) is 0 Å². The number of rotatable bonds is 1. The van der Waals surface area contributed by atoms with Crippen LogP contribution in [0, 0.1) is 5.41 Å². The van der Waals surface area contributed by atoms with Crippen LogP contribution in [0.1, 0.15) is 25.8 Å². The van der Waals surface area contributed by atoms with E-state index in [1.165, 1.54) is 11.1 Å². The summed E-state index contributed by atoms with van der Waals surface area (Å²) < 4.78 is 0. The maximum atomic E-state index is 2.28. The van der Waals surface area contributed by atoms with Gasteiger partial charge in [-0.1, -0.05) is 62.4 Å². The van der Waals surface area contributed by atoms with Gasteiger partial charge in [-0.2, -0.15) is 0 Å². The van der Waals surface area contributed by atoms with Crippen LogP contribution in [0.15, 0.2) is 48.6 Å². The van der Waals surface area contributed by atoms with Crippen LogP contribution in [0.2, 0.25) is 0 Å². The van der Waals surface area contributed by atoms with E-state index >= 15 is 0 Å². The van der Waals surface area contributed by atoms with Crippen LogP contribution in [0.3, 0.4) is 0 Å². The van der Waals surface area contributed by atoms with Gasteiger partial charge in [-0.25, -0.2) is 0 Å². The van der Waals surface area contributed by atoms with E-state index < -0.39 is 0 Å². The smallest absolute Gasteiger partial charge is 0.0131 e. The Labute approximate surface area is 86.0 Å². The highest BCUT2D eigenvalue weighted by Crippen LogP contribution is 2.35. The van der Waals surface area contributed by atoms with Crippen molar-refractivity contribution in [3.8, 4) is 0 Å². The Morgan fingerprint density at radius 2 is 1.79 bits per heavy atom. The molecule has 0 heteroatoms. The normalized spacial score (nSPS) is 19.1. The van der Waals surface area contributed by atoms with Crippen molar-refractivity contribution in [3.05, 3.63) is 54.1 Å². The van der Waals surface area contributed by atoms with Gasteiger partial charge in [0.25, 0.3) is 0 Å². The lowest BCUT2D eigenvalue weighted by atomic mass is 9.80. The summed E-state index contributed by atoms with van der Waals surface area (Å²) in [5, 5.41) is 0. The van der Waals surface area contributed by atoms with E-state index in [-0.39, 0.29) is 0 Å². The third-order valence-corrected chi connectivity index (χ3v) is 2.64. The van der Waals surface area contributed by atoms with Crippen LogP contribution in [0.4, 0.5) is 0 Å². The molecule has 0 aromatic heterocycles. The Morgan fingerprint density at radius 1 is 1.07 bits per heavy atom. The summed E-state index contributed by atoms with van der Waals surface area (Å²) in [6, 6.07) is 10.6. The SMILES string of the molecule is CC1(C)C=CC=C(c2ccccc2)C1. The van der Waals surface area contributed by atoms with Gasteiger partial charge in [-0.3, -0.25) is 0 Å². The molecule has 2 rings (SSSR count). The lowest BCUT2D eigenvalue weighted by Gasteiger charge is -2.25. The van der Waals surface area contributed by atoms with E-state index in [0.29, 0.717) is 5.41 Å². The molecule has 1 aromatic rings. The van der Waals surface area contributed by atoms with Crippen LogP contribution in [0.5, 0.6) is 0 Å². The Hall–Kier alpha value is -1.30. The second-order valence-corrected chi connectivity index (χ2v) is 4.58. The highest BCUT2D eigenvalue weighted by Gasteiger charge is 2.19. The summed E-state index contributed by atoms with van der Waals surface area (Å²) in [7, 11) is 0. The molecule has 0 radical (unpaired) electrons. The van der Waals surface area contributed by atoms with Gasteiger partial charge in [0, 0.05) is 0 Å². The fourth-order valence-electron chi connectivity index (χ4n) is 1.88. The Balaban J connectivity index is 2.30. The average molecular weight is 184 g/mol. The van der Waals surface area contributed by atoms with Crippen molar-refractivity contribution in [1.29, 1.82) is 0 Å². The van der Waals surface area contributed by atoms with Crippen LogP contribution in [-0.2, 0) is 0 Å². The summed E-state index contributed by atoms with van der Waals surface area (Å²) in [6.45, 7) is 4.55. The fourth-order valence-corrected chi connectivity index (χ4v) is 1.88. The Morgan fingerprint density at radius 3 is 2.43 bits per heavy atom. The number of hydrogen-bond donors (Lipinski definition) is 0. The highest BCUT2D eigenvalue weighted by molar-refractivity contribution is 5.69. The molecule has 0 bridgehead atoms. The molecule has 0 spiro atoms. The van der Waals surface area contributed by atoms with E-state index in [4.69, 9.17) is 0 Å². The second-order valence-electron chi connectivity index (χ2n) is 4.58. The molecule has 72 valence electrons. The first-order valence-electron chi connectivity index (χ1n) is 5.11. The fraction of sp³-hybridized carbons (Fsp3) is 0.286. The summed E-state index contributed by atoms with van der Waals surface area (Å²) in [4.78, 5) is 0. The zero-order chi connectivity index (χ0) is 10.0. The van der Waals surface area contributed by atoms with Gasteiger partial charge in [-0.05, 0) is 23.0 Å². The van der Waals surface area contributed by atoms with Crippen LogP contribution in [-0.4, -0.2) is 0 Å². The standard InChI is InChI=1S/C14H16/c1-14(2)10-6-9-13(11-14)12-7-4-3-5-8-12/h3-10H,11H2,1-2H3. The minimum Gasteiger partial charge on any atom is -0.0785 e. The van der Waals surface area contributed by atoms with Gasteiger partial charge in [0.15, 0.2) is 0 Å². The van der Waals surface area contributed by atoms with Crippen molar-refractivity contribution >= 4 is 5.57 Å². The Bertz CT molecular complexity index is 366. The molecule has 0 heterocycles. The van der Waals surface area contributed by atoms with Crippen molar-refractivity contribution in [2.75, 3.05) is 0 Å². The van der Waals surface area contributed by atoms with Crippen molar-refractivity contribution in [2.24, 2.45) is 5.41 Å². The van der Waals surface area contributed by atoms with Crippen molar-refractivity contribution < 1.29 is 0 Å². The minimum absolute atomic E-state index is 0.305. The molecule has 0 atom stereocenters. The molecule has 0 fully saturated rings. The predicted octanol–water partition coefficient (Wildman–Crippen LogP) is 4.06. The molecule has 0 aliphatic heterocycles. The molecule has 0 N–H and O–H groups in total. The predicted molar refractivity (Wildman–Crippen MR) is 62.0 cm³/mol. The third-order valence-electron chi connectivity index (χ3n) is 2.64. The summed E-state index contributed by atoms with van der Waals surface area (Å²) >= 11 is 0. The maximum absolute atomic E-state index is 2.28. The van der Waals surface area contributed by atoms with Gasteiger partial charge in [0.2, 0.25) is 0 Å². The van der Waals surface area contributed by atoms with Gasteiger partial charge in [0.05, 0.1) is 0 Å². The lowest BCUT2D eigenvalue weighted by Crippen LogP contribution is -2.10. The Kier molecular flexibility index (Phi) is 2.28. The second kappa shape index (κ2) is 3.45. The molecule has 1 aromatic carbocycles. The number of allylic oxidation sites excluding steroid dienone is 4. The van der Waals surface area contributed by atoms with Crippen LogP contribution < -0.4 is 0 Å². The van der Waals surface area contributed by atoms with Crippen LogP contribution in [0.25, 0.3) is 5.57 Å². The van der Waals surface area contributed by atoms with E-state index in [0.717, 1.165) is 6.42 Å². The first-order chi connectivity index (χ1) is 6.67. The topological polar surface area (TPSA) is 0 Å². The first kappa shape index (κ1) is 9.26. The van der Waals surface area contributed by atoms with Crippen molar-refractivity contribution in [1.82, 2.24) is 0 Å². The lowest BCUT2D eigenvalue weighted by molar-refractivity contribution is 0.492. The summed E-state index contributed by atoms with van der Waals surface area (Å²) in [6.07, 6.45) is 7.80. The molecular weight excluding hydrogens is 168 g/mol. The van der Waals surface area contributed by atoms with Crippen LogP contribution >= 0.6 is 0 Å². The number of hydrogen-bond acceptors (Lipinski definition) is 0. The minimum atomic E-state index is 0.305. The third kappa shape index (κ3) is 1.95. The van der Waals surface area contributed by atoms with Gasteiger partial charge >= 0.3 is 0 Å². The summed E-state index contributed by atoms with van der Waals surface area (Å²) in [5.74, 6) is 0. The zero-order valence-corrected chi connectivity index (χ0v) is 8.83. The average Bonchev–Trinajstić information content (AvgIpc) is 2.18. The van der Waals surface area contributed by atoms with Gasteiger partial charge < -0.3 is 0 Å². The number of benzene rings is 1. The van der Waals surface area contributed by atoms with E-state index in [1.807, 2.05) is 0 Å². The quantitative estimate of drug-likeness (QED) is 0.617. The molecule has 0 saturated heterocycles. The van der Waals surface area contributed by atoms with E-state index in [1.54, 1.807) is 0 Å². The van der Waals surface area contributed by atoms with Gasteiger partial charge in [-0.15, -0.1) is 0 Å². The van der Waals surface area contributed by atoms with E-state index in [9.17, 15) is 0 Å². The zero-order valence-electron chi connectivity index (χ0n) is 8.83. The summed E-state index contributed by atoms with van der Waals surface area (Å²) in [5.41, 5.74) is 3.10. The molecule has 0 saturated carbocycles. The van der Waals surface area contributed by atoms with Crippen molar-refractivity contribution in [2.45, 2.75) is 20.3 Å². The molecule has 0 unspecified atom stereocenters. The maximum Gasteiger partial charge on any atom is -0.0131 e. The first-order valence-corrected chi connectivity index (χ1v) is 5.11. The van der Waals surface area contributed by atoms with Crippen molar-refractivity contribution in [3.63, 3.8) is 0 Å². The molecular formula is C14H16. The molecule has 14 heavy (non-hydrogen) atoms. The highest BCUT2D eigenvalue weighted by atomic mass is 14.2. The monoisotopic (exact) mass is 184 g/mol. The molecule has 0 amide bonds. The van der Waals surface area contributed by atoms with E-state index in [2.05, 4.69) is 62.4 Å². The molecule has 0 nitrogen and oxygen atoms in total. The largest absolute Gasteiger partial charge is 0.0785 e. The molecule has 1 aliphatic rings. The molecule has 1 aliphatic carbocycles.